The summed E-state index contributed by atoms with van der Waals surface area (Å²) in [6.45, 7) is 14.1. The number of likely N-dealkylation sites (N-methyl/N-ethyl adjacent to an activating group) is 1. The Morgan fingerprint density at radius 1 is 1.07 bits per heavy atom. The second-order valence-corrected chi connectivity index (χ2v) is 2.64. The van der Waals surface area contributed by atoms with E-state index >= 15 is 0 Å². The molecule has 1 rings (SSSR count). The van der Waals surface area contributed by atoms with Crippen LogP contribution in [0, 0.1) is 0 Å². The quantitative estimate of drug-likeness (QED) is 0.630. The molecule has 0 aromatic carbocycles. The molecule has 1 atom stereocenters. The molecular formula is C13H32N2. The molecule has 2 N–H and O–H groups in total. The zero-order chi connectivity index (χ0) is 12.7. The molecule has 2 nitrogen and oxygen atoms in total. The fourth-order valence-corrected chi connectivity index (χ4v) is 1.08. The Morgan fingerprint density at radius 2 is 1.53 bits per heavy atom. The topological polar surface area (TPSA) is 29.3 Å². The summed E-state index contributed by atoms with van der Waals surface area (Å²) in [5.74, 6) is 0. The maximum atomic E-state index is 5.70. The van der Waals surface area contributed by atoms with Crippen LogP contribution in [0.25, 0.3) is 0 Å². The summed E-state index contributed by atoms with van der Waals surface area (Å²) in [4.78, 5) is 2.25. The molecule has 2 heteroatoms. The van der Waals surface area contributed by atoms with Crippen LogP contribution >= 0.6 is 0 Å². The first-order valence-corrected chi connectivity index (χ1v) is 6.40. The zero-order valence-corrected chi connectivity index (χ0v) is 11.9. The Morgan fingerprint density at radius 3 is 2.00 bits per heavy atom. The Kier molecular flexibility index (Phi) is 25.8. The van der Waals surface area contributed by atoms with Gasteiger partial charge in [-0.2, -0.15) is 0 Å². The lowest BCUT2D eigenvalue weighted by molar-refractivity contribution is 0.339. The highest BCUT2D eigenvalue weighted by atomic mass is 15.1. The maximum Gasteiger partial charge on any atom is 0.0353 e. The average molecular weight is 216 g/mol. The predicted molar refractivity (Wildman–Crippen MR) is 73.3 cm³/mol. The van der Waals surface area contributed by atoms with Crippen LogP contribution in [0.15, 0.2) is 12.2 Å². The van der Waals surface area contributed by atoms with E-state index in [1.807, 2.05) is 41.5 Å². The molecule has 0 spiro atoms. The highest BCUT2D eigenvalue weighted by Gasteiger charge is 2.04. The fraction of sp³-hybridized carbons (Fsp3) is 0.846. The van der Waals surface area contributed by atoms with Gasteiger partial charge in [0, 0.05) is 19.1 Å². The SMILES string of the molecule is CC.CC.CC.CN1CCC=CC(N)C1. The van der Waals surface area contributed by atoms with Gasteiger partial charge in [0.15, 0.2) is 0 Å². The Balaban J connectivity index is -0.000000208. The van der Waals surface area contributed by atoms with E-state index in [2.05, 4.69) is 24.1 Å². The molecule has 0 aromatic heterocycles. The third-order valence-electron chi connectivity index (χ3n) is 1.58. The third-order valence-corrected chi connectivity index (χ3v) is 1.58. The first kappa shape index (κ1) is 20.1. The molecule has 0 amide bonds. The second-order valence-electron chi connectivity index (χ2n) is 2.64. The average Bonchev–Trinajstić information content (AvgIpc) is 2.50. The molecule has 1 aliphatic heterocycles. The van der Waals surface area contributed by atoms with E-state index in [0.29, 0.717) is 0 Å². The molecule has 1 aliphatic rings. The van der Waals surface area contributed by atoms with Gasteiger partial charge in [-0.05, 0) is 13.5 Å². The van der Waals surface area contributed by atoms with Gasteiger partial charge in [-0.25, -0.2) is 0 Å². The molecule has 0 fully saturated rings. The maximum absolute atomic E-state index is 5.70. The molecule has 0 aliphatic carbocycles. The zero-order valence-electron chi connectivity index (χ0n) is 11.9. The molecule has 94 valence electrons. The van der Waals surface area contributed by atoms with E-state index in [1.54, 1.807) is 0 Å². The number of nitrogens with zero attached hydrogens (tertiary/aromatic N) is 1. The van der Waals surface area contributed by atoms with Crippen LogP contribution in [0.3, 0.4) is 0 Å². The highest BCUT2D eigenvalue weighted by Crippen LogP contribution is 1.97. The number of nitrogens with two attached hydrogens (primary N) is 1. The van der Waals surface area contributed by atoms with Crippen molar-refractivity contribution in [1.29, 1.82) is 0 Å². The molecule has 1 heterocycles. The normalized spacial score (nSPS) is 19.3. The van der Waals surface area contributed by atoms with Crippen LogP contribution in [0.4, 0.5) is 0 Å². The van der Waals surface area contributed by atoms with Gasteiger partial charge in [0.05, 0.1) is 0 Å². The monoisotopic (exact) mass is 216 g/mol. The number of hydrogen-bond acceptors (Lipinski definition) is 2. The van der Waals surface area contributed by atoms with E-state index in [-0.39, 0.29) is 6.04 Å². The van der Waals surface area contributed by atoms with Crippen molar-refractivity contribution in [3.63, 3.8) is 0 Å². The van der Waals surface area contributed by atoms with Gasteiger partial charge in [-0.15, -0.1) is 0 Å². The minimum Gasteiger partial charge on any atom is -0.323 e. The molecule has 0 saturated carbocycles. The molecule has 0 saturated heterocycles. The lowest BCUT2D eigenvalue weighted by Gasteiger charge is -2.14. The van der Waals surface area contributed by atoms with Gasteiger partial charge in [-0.3, -0.25) is 0 Å². The van der Waals surface area contributed by atoms with E-state index in [1.165, 1.54) is 0 Å². The summed E-state index contributed by atoms with van der Waals surface area (Å²) in [5, 5.41) is 0. The summed E-state index contributed by atoms with van der Waals surface area (Å²) in [7, 11) is 2.10. The van der Waals surface area contributed by atoms with Gasteiger partial charge in [0.2, 0.25) is 0 Å². The van der Waals surface area contributed by atoms with Crippen molar-refractivity contribution < 1.29 is 0 Å². The van der Waals surface area contributed by atoms with Crippen LogP contribution in [-0.4, -0.2) is 31.1 Å². The van der Waals surface area contributed by atoms with Crippen molar-refractivity contribution in [1.82, 2.24) is 4.90 Å². The Hall–Kier alpha value is -0.340. The fourth-order valence-electron chi connectivity index (χ4n) is 1.08. The van der Waals surface area contributed by atoms with Crippen LogP contribution in [-0.2, 0) is 0 Å². The van der Waals surface area contributed by atoms with E-state index < -0.39 is 0 Å². The van der Waals surface area contributed by atoms with Crippen molar-refractivity contribution in [3.05, 3.63) is 12.2 Å². The van der Waals surface area contributed by atoms with Crippen LogP contribution in [0.2, 0.25) is 0 Å². The van der Waals surface area contributed by atoms with Crippen molar-refractivity contribution in [2.45, 2.75) is 54.0 Å². The first-order chi connectivity index (χ1) is 7.29. The molecule has 15 heavy (non-hydrogen) atoms. The van der Waals surface area contributed by atoms with Crippen molar-refractivity contribution in [2.24, 2.45) is 5.73 Å². The second kappa shape index (κ2) is 19.3. The molecular weight excluding hydrogens is 184 g/mol. The van der Waals surface area contributed by atoms with Crippen molar-refractivity contribution in [2.75, 3.05) is 20.1 Å². The number of rotatable bonds is 0. The third kappa shape index (κ3) is 16.3. The van der Waals surface area contributed by atoms with E-state index in [0.717, 1.165) is 19.5 Å². The van der Waals surface area contributed by atoms with Crippen molar-refractivity contribution >= 4 is 0 Å². The molecule has 1 unspecified atom stereocenters. The van der Waals surface area contributed by atoms with Crippen LogP contribution in [0.1, 0.15) is 48.0 Å². The van der Waals surface area contributed by atoms with E-state index in [4.69, 9.17) is 5.73 Å². The lowest BCUT2D eigenvalue weighted by atomic mass is 10.3. The summed E-state index contributed by atoms with van der Waals surface area (Å²) in [5.41, 5.74) is 5.70. The van der Waals surface area contributed by atoms with Crippen LogP contribution in [0.5, 0.6) is 0 Å². The first-order valence-electron chi connectivity index (χ1n) is 6.40. The summed E-state index contributed by atoms with van der Waals surface area (Å²) >= 11 is 0. The predicted octanol–water partition coefficient (Wildman–Crippen LogP) is 3.28. The Bertz CT molecular complexity index is 111. The summed E-state index contributed by atoms with van der Waals surface area (Å²) in [6.07, 6.45) is 5.39. The molecule has 0 aromatic rings. The minimum atomic E-state index is 0.248. The highest BCUT2D eigenvalue weighted by molar-refractivity contribution is 4.95. The summed E-state index contributed by atoms with van der Waals surface area (Å²) < 4.78 is 0. The largest absolute Gasteiger partial charge is 0.323 e. The molecule has 0 radical (unpaired) electrons. The van der Waals surface area contributed by atoms with Gasteiger partial charge in [-0.1, -0.05) is 53.7 Å². The Labute approximate surface area is 97.5 Å². The minimum absolute atomic E-state index is 0.248. The smallest absolute Gasteiger partial charge is 0.0353 e. The van der Waals surface area contributed by atoms with Gasteiger partial charge < -0.3 is 10.6 Å². The van der Waals surface area contributed by atoms with E-state index in [9.17, 15) is 0 Å². The summed E-state index contributed by atoms with van der Waals surface area (Å²) in [6, 6.07) is 0.248. The lowest BCUT2D eigenvalue weighted by Crippen LogP contribution is -2.32. The van der Waals surface area contributed by atoms with Crippen molar-refractivity contribution in [3.8, 4) is 0 Å². The number of hydrogen-bond donors (Lipinski definition) is 1. The van der Waals surface area contributed by atoms with Gasteiger partial charge >= 0.3 is 0 Å². The standard InChI is InChI=1S/C7H14N2.3C2H6/c1-9-5-3-2-4-7(8)6-9;3*1-2/h2,4,7H,3,5-6,8H2,1H3;3*1-2H3. The van der Waals surface area contributed by atoms with Crippen LogP contribution < -0.4 is 5.73 Å². The van der Waals surface area contributed by atoms with Gasteiger partial charge in [0.1, 0.15) is 0 Å². The van der Waals surface area contributed by atoms with Gasteiger partial charge in [0.25, 0.3) is 0 Å². The molecule has 0 bridgehead atoms.